The Bertz CT molecular complexity index is 379. The van der Waals surface area contributed by atoms with Gasteiger partial charge < -0.3 is 10.2 Å². The first-order valence-corrected chi connectivity index (χ1v) is 7.09. The van der Waals surface area contributed by atoms with Crippen molar-refractivity contribution < 1.29 is 4.79 Å². The molecule has 1 aliphatic rings. The van der Waals surface area contributed by atoms with Crippen LogP contribution in [-0.4, -0.2) is 42.0 Å². The van der Waals surface area contributed by atoms with Gasteiger partial charge in [0.25, 0.3) is 0 Å². The number of hydrogen-bond donors (Lipinski definition) is 1. The molecule has 0 spiro atoms. The fourth-order valence-corrected chi connectivity index (χ4v) is 2.70. The van der Waals surface area contributed by atoms with Crippen LogP contribution >= 0.6 is 36.2 Å². The Labute approximate surface area is 130 Å². The van der Waals surface area contributed by atoms with Crippen LogP contribution in [0.2, 0.25) is 0 Å². The van der Waals surface area contributed by atoms with E-state index in [0.29, 0.717) is 6.42 Å². The number of aromatic nitrogens is 1. The molecule has 0 aromatic carbocycles. The van der Waals surface area contributed by atoms with Gasteiger partial charge in [0.1, 0.15) is 0 Å². The van der Waals surface area contributed by atoms with Gasteiger partial charge in [-0.25, -0.2) is 4.98 Å². The number of hydrogen-bond acceptors (Lipinski definition) is 4. The van der Waals surface area contributed by atoms with Gasteiger partial charge >= 0.3 is 0 Å². The number of amides is 1. The molecule has 0 unspecified atom stereocenters. The first-order chi connectivity index (χ1) is 8.29. The quantitative estimate of drug-likeness (QED) is 0.923. The second-order valence-electron chi connectivity index (χ2n) is 4.25. The van der Waals surface area contributed by atoms with Crippen LogP contribution in [0.5, 0.6) is 0 Å². The zero-order chi connectivity index (χ0) is 12.1. The van der Waals surface area contributed by atoms with Gasteiger partial charge in [-0.1, -0.05) is 6.92 Å². The SMILES string of the molecule is CCc1nc(CC(=O)N2CCCNCC2)cs1.Cl.Cl. The third-order valence-corrected chi connectivity index (χ3v) is 3.97. The van der Waals surface area contributed by atoms with Crippen LogP contribution in [-0.2, 0) is 17.6 Å². The molecule has 7 heteroatoms. The highest BCUT2D eigenvalue weighted by molar-refractivity contribution is 7.09. The van der Waals surface area contributed by atoms with E-state index in [1.165, 1.54) is 0 Å². The second-order valence-corrected chi connectivity index (χ2v) is 5.19. The summed E-state index contributed by atoms with van der Waals surface area (Å²) in [6.45, 7) is 5.70. The molecule has 1 amide bonds. The molecule has 19 heavy (non-hydrogen) atoms. The highest BCUT2D eigenvalue weighted by atomic mass is 35.5. The van der Waals surface area contributed by atoms with Crippen molar-refractivity contribution in [1.29, 1.82) is 0 Å². The Kier molecular flexibility index (Phi) is 9.35. The smallest absolute Gasteiger partial charge is 0.228 e. The van der Waals surface area contributed by atoms with Crippen molar-refractivity contribution >= 4 is 42.1 Å². The van der Waals surface area contributed by atoms with Gasteiger partial charge in [-0.2, -0.15) is 0 Å². The fraction of sp³-hybridized carbons (Fsp3) is 0.667. The normalized spacial score (nSPS) is 15.1. The maximum atomic E-state index is 12.1. The molecule has 0 radical (unpaired) electrons. The first kappa shape index (κ1) is 18.6. The van der Waals surface area contributed by atoms with E-state index in [2.05, 4.69) is 17.2 Å². The summed E-state index contributed by atoms with van der Waals surface area (Å²) in [6, 6.07) is 0. The van der Waals surface area contributed by atoms with Crippen molar-refractivity contribution in [3.8, 4) is 0 Å². The van der Waals surface area contributed by atoms with E-state index in [9.17, 15) is 4.79 Å². The molecule has 0 bridgehead atoms. The minimum absolute atomic E-state index is 0. The van der Waals surface area contributed by atoms with Crippen LogP contribution in [0.4, 0.5) is 0 Å². The van der Waals surface area contributed by atoms with E-state index in [0.717, 1.165) is 49.7 Å². The van der Waals surface area contributed by atoms with E-state index in [1.807, 2.05) is 10.3 Å². The molecule has 1 fully saturated rings. The number of halogens is 2. The molecule has 1 aromatic rings. The van der Waals surface area contributed by atoms with Crippen LogP contribution < -0.4 is 5.32 Å². The van der Waals surface area contributed by atoms with Gasteiger partial charge in [0.2, 0.25) is 5.91 Å². The summed E-state index contributed by atoms with van der Waals surface area (Å²) in [5.41, 5.74) is 0.925. The van der Waals surface area contributed by atoms with Crippen LogP contribution in [0.3, 0.4) is 0 Å². The number of nitrogens with one attached hydrogen (secondary N) is 1. The van der Waals surface area contributed by atoms with Gasteiger partial charge in [0.15, 0.2) is 0 Å². The summed E-state index contributed by atoms with van der Waals surface area (Å²) >= 11 is 1.65. The average molecular weight is 326 g/mol. The van der Waals surface area contributed by atoms with E-state index < -0.39 is 0 Å². The Morgan fingerprint density at radius 1 is 1.42 bits per heavy atom. The van der Waals surface area contributed by atoms with Gasteiger partial charge in [0, 0.05) is 25.0 Å². The summed E-state index contributed by atoms with van der Waals surface area (Å²) in [4.78, 5) is 18.5. The zero-order valence-electron chi connectivity index (χ0n) is 11.1. The van der Waals surface area contributed by atoms with Crippen molar-refractivity contribution in [2.45, 2.75) is 26.2 Å². The first-order valence-electron chi connectivity index (χ1n) is 6.21. The summed E-state index contributed by atoms with van der Waals surface area (Å²) in [6.07, 6.45) is 2.45. The minimum Gasteiger partial charge on any atom is -0.341 e. The number of rotatable bonds is 3. The monoisotopic (exact) mass is 325 g/mol. The third kappa shape index (κ3) is 5.65. The lowest BCUT2D eigenvalue weighted by Gasteiger charge is -2.19. The maximum absolute atomic E-state index is 12.1. The van der Waals surface area contributed by atoms with Crippen LogP contribution in [0.1, 0.15) is 24.0 Å². The molecule has 2 heterocycles. The summed E-state index contributed by atoms with van der Waals surface area (Å²) < 4.78 is 0. The lowest BCUT2D eigenvalue weighted by atomic mass is 10.3. The van der Waals surface area contributed by atoms with Gasteiger partial charge in [-0.05, 0) is 19.4 Å². The van der Waals surface area contributed by atoms with Crippen molar-refractivity contribution in [3.63, 3.8) is 0 Å². The lowest BCUT2D eigenvalue weighted by Crippen LogP contribution is -2.35. The number of thiazole rings is 1. The highest BCUT2D eigenvalue weighted by Gasteiger charge is 2.16. The van der Waals surface area contributed by atoms with Gasteiger partial charge in [-0.15, -0.1) is 36.2 Å². The zero-order valence-corrected chi connectivity index (χ0v) is 13.5. The fourth-order valence-electron chi connectivity index (χ4n) is 1.95. The minimum atomic E-state index is 0. The molecule has 0 aliphatic carbocycles. The number of nitrogens with zero attached hydrogens (tertiary/aromatic N) is 2. The van der Waals surface area contributed by atoms with Crippen LogP contribution in [0.25, 0.3) is 0 Å². The molecule has 0 atom stereocenters. The Balaban J connectivity index is 0.00000162. The van der Waals surface area contributed by atoms with Gasteiger partial charge in [-0.3, -0.25) is 4.79 Å². The van der Waals surface area contributed by atoms with Crippen molar-refractivity contribution in [2.75, 3.05) is 26.2 Å². The topological polar surface area (TPSA) is 45.2 Å². The molecule has 2 rings (SSSR count). The molecular formula is C12H21Cl2N3OS. The van der Waals surface area contributed by atoms with E-state index >= 15 is 0 Å². The standard InChI is InChI=1S/C12H19N3OS.2ClH/c1-2-11-14-10(9-17-11)8-12(16)15-6-3-4-13-5-7-15;;/h9,13H,2-8H2,1H3;2*1H. The Morgan fingerprint density at radius 3 is 2.89 bits per heavy atom. The van der Waals surface area contributed by atoms with E-state index in [-0.39, 0.29) is 30.7 Å². The molecular weight excluding hydrogens is 305 g/mol. The average Bonchev–Trinajstić information content (AvgIpc) is 2.62. The summed E-state index contributed by atoms with van der Waals surface area (Å²) in [5.74, 6) is 0.210. The summed E-state index contributed by atoms with van der Waals surface area (Å²) in [7, 11) is 0. The predicted octanol–water partition coefficient (Wildman–Crippen LogP) is 1.91. The van der Waals surface area contributed by atoms with Crippen LogP contribution in [0.15, 0.2) is 5.38 Å². The number of carbonyl (C=O) groups is 1. The van der Waals surface area contributed by atoms with Crippen LogP contribution in [0, 0.1) is 0 Å². The number of aryl methyl sites for hydroxylation is 1. The molecule has 1 saturated heterocycles. The predicted molar refractivity (Wildman–Crippen MR) is 83.8 cm³/mol. The van der Waals surface area contributed by atoms with E-state index in [4.69, 9.17) is 0 Å². The molecule has 1 aromatic heterocycles. The molecule has 0 saturated carbocycles. The van der Waals surface area contributed by atoms with Gasteiger partial charge in [0.05, 0.1) is 17.1 Å². The molecule has 1 aliphatic heterocycles. The number of carbonyl (C=O) groups excluding carboxylic acids is 1. The molecule has 110 valence electrons. The van der Waals surface area contributed by atoms with E-state index in [1.54, 1.807) is 11.3 Å². The van der Waals surface area contributed by atoms with Crippen molar-refractivity contribution in [2.24, 2.45) is 0 Å². The Hall–Kier alpha value is -0.360. The maximum Gasteiger partial charge on any atom is 0.228 e. The molecule has 4 nitrogen and oxygen atoms in total. The highest BCUT2D eigenvalue weighted by Crippen LogP contribution is 2.11. The molecule has 1 N–H and O–H groups in total. The van der Waals surface area contributed by atoms with Crippen molar-refractivity contribution in [1.82, 2.24) is 15.2 Å². The second kappa shape index (κ2) is 9.53. The van der Waals surface area contributed by atoms with Crippen molar-refractivity contribution in [3.05, 3.63) is 16.1 Å². The third-order valence-electron chi connectivity index (χ3n) is 2.93. The largest absolute Gasteiger partial charge is 0.341 e. The summed E-state index contributed by atoms with van der Waals surface area (Å²) in [5, 5.41) is 6.42. The lowest BCUT2D eigenvalue weighted by molar-refractivity contribution is -0.130. The Morgan fingerprint density at radius 2 is 2.21 bits per heavy atom.